The number of aromatic hydroxyl groups is 1. The lowest BCUT2D eigenvalue weighted by molar-refractivity contribution is 0.439. The van der Waals surface area contributed by atoms with Crippen LogP contribution in [0.4, 0.5) is 4.39 Å². The van der Waals surface area contributed by atoms with E-state index < -0.39 is 0 Å². The summed E-state index contributed by atoms with van der Waals surface area (Å²) in [5.41, 5.74) is 0.386. The Morgan fingerprint density at radius 3 is 2.93 bits per heavy atom. The summed E-state index contributed by atoms with van der Waals surface area (Å²) in [5, 5.41) is 12.9. The quantitative estimate of drug-likeness (QED) is 0.813. The van der Waals surface area contributed by atoms with Crippen LogP contribution in [0.25, 0.3) is 0 Å². The van der Waals surface area contributed by atoms with Crippen molar-refractivity contribution in [2.24, 2.45) is 0 Å². The van der Waals surface area contributed by atoms with Crippen LogP contribution in [-0.2, 0) is 0 Å². The molecule has 0 bridgehead atoms. The van der Waals surface area contributed by atoms with Crippen molar-refractivity contribution in [2.75, 3.05) is 6.54 Å². The van der Waals surface area contributed by atoms with E-state index in [1.807, 2.05) is 0 Å². The largest absolute Gasteiger partial charge is 0.506 e. The number of halogens is 2. The normalized spacial score (nSPS) is 21.4. The highest BCUT2D eigenvalue weighted by molar-refractivity contribution is 9.10. The summed E-state index contributed by atoms with van der Waals surface area (Å²) in [6, 6.07) is 2.84. The first-order valence-electron chi connectivity index (χ1n) is 4.60. The van der Waals surface area contributed by atoms with Gasteiger partial charge >= 0.3 is 0 Å². The Hall–Kier alpha value is -0.610. The van der Waals surface area contributed by atoms with Gasteiger partial charge in [0.15, 0.2) is 0 Å². The van der Waals surface area contributed by atoms with Crippen LogP contribution < -0.4 is 5.32 Å². The summed E-state index contributed by atoms with van der Waals surface area (Å²) in [6.45, 7) is 0.885. The van der Waals surface area contributed by atoms with Crippen LogP contribution in [0.1, 0.15) is 24.4 Å². The molecule has 1 fully saturated rings. The molecular weight excluding hydrogens is 249 g/mol. The van der Waals surface area contributed by atoms with Gasteiger partial charge in [0.25, 0.3) is 0 Å². The Kier molecular flexibility index (Phi) is 2.74. The Balaban J connectivity index is 2.44. The minimum atomic E-state index is -0.342. The molecule has 1 aromatic rings. The van der Waals surface area contributed by atoms with Crippen molar-refractivity contribution in [3.8, 4) is 5.75 Å². The third-order valence-electron chi connectivity index (χ3n) is 2.52. The lowest BCUT2D eigenvalue weighted by Crippen LogP contribution is -2.14. The molecule has 0 amide bonds. The number of benzene rings is 1. The van der Waals surface area contributed by atoms with Crippen molar-refractivity contribution in [2.45, 2.75) is 18.9 Å². The lowest BCUT2D eigenvalue weighted by Gasteiger charge is -2.14. The van der Waals surface area contributed by atoms with Crippen molar-refractivity contribution in [1.82, 2.24) is 5.32 Å². The fourth-order valence-electron chi connectivity index (χ4n) is 1.82. The summed E-state index contributed by atoms with van der Waals surface area (Å²) in [7, 11) is 0. The summed E-state index contributed by atoms with van der Waals surface area (Å²) >= 11 is 3.18. The van der Waals surface area contributed by atoms with Gasteiger partial charge in [-0.05, 0) is 47.4 Å². The molecule has 0 aromatic heterocycles. The van der Waals surface area contributed by atoms with Crippen molar-refractivity contribution in [3.05, 3.63) is 28.0 Å². The average Bonchev–Trinajstić information content (AvgIpc) is 2.65. The molecule has 2 nitrogen and oxygen atoms in total. The smallest absolute Gasteiger partial charge is 0.137 e. The maximum atomic E-state index is 13.5. The van der Waals surface area contributed by atoms with Gasteiger partial charge in [0.1, 0.15) is 11.6 Å². The Morgan fingerprint density at radius 1 is 1.50 bits per heavy atom. The fourth-order valence-corrected chi connectivity index (χ4v) is 2.16. The van der Waals surface area contributed by atoms with Gasteiger partial charge < -0.3 is 10.4 Å². The van der Waals surface area contributed by atoms with Crippen LogP contribution in [0.3, 0.4) is 0 Å². The third-order valence-corrected chi connectivity index (χ3v) is 3.16. The van der Waals surface area contributed by atoms with E-state index in [0.29, 0.717) is 10.0 Å². The topological polar surface area (TPSA) is 32.3 Å². The van der Waals surface area contributed by atoms with Gasteiger partial charge in [0, 0.05) is 11.6 Å². The molecule has 1 unspecified atom stereocenters. The molecule has 1 aromatic carbocycles. The highest BCUT2D eigenvalue weighted by atomic mass is 79.9. The third kappa shape index (κ3) is 1.64. The molecule has 14 heavy (non-hydrogen) atoms. The number of hydrogen-bond acceptors (Lipinski definition) is 2. The molecule has 0 aliphatic carbocycles. The number of rotatable bonds is 1. The van der Waals surface area contributed by atoms with E-state index in [9.17, 15) is 9.50 Å². The minimum Gasteiger partial charge on any atom is -0.506 e. The standard InChI is InChI=1S/C10H11BrFNO/c11-6-3-4-7(12)9(10(6)14)8-2-1-5-13-8/h3-4,8,13-14H,1-2,5H2. The van der Waals surface area contributed by atoms with Gasteiger partial charge in [-0.15, -0.1) is 0 Å². The van der Waals surface area contributed by atoms with Gasteiger partial charge in [-0.3, -0.25) is 0 Å². The maximum Gasteiger partial charge on any atom is 0.137 e. The zero-order valence-corrected chi connectivity index (χ0v) is 9.14. The van der Waals surface area contributed by atoms with Gasteiger partial charge in [-0.2, -0.15) is 0 Å². The highest BCUT2D eigenvalue weighted by Gasteiger charge is 2.23. The molecule has 1 atom stereocenters. The van der Waals surface area contributed by atoms with Crippen molar-refractivity contribution >= 4 is 15.9 Å². The summed E-state index contributed by atoms with van der Waals surface area (Å²) in [5.74, 6) is -0.325. The van der Waals surface area contributed by atoms with Gasteiger partial charge in [-0.1, -0.05) is 0 Å². The van der Waals surface area contributed by atoms with Crippen LogP contribution in [0, 0.1) is 5.82 Å². The van der Waals surface area contributed by atoms with E-state index >= 15 is 0 Å². The Morgan fingerprint density at radius 2 is 2.29 bits per heavy atom. The van der Waals surface area contributed by atoms with E-state index in [0.717, 1.165) is 19.4 Å². The lowest BCUT2D eigenvalue weighted by atomic mass is 10.0. The first kappa shape index (κ1) is 9.93. The number of phenols is 1. The molecule has 2 rings (SSSR count). The number of nitrogens with one attached hydrogen (secondary N) is 1. The fraction of sp³-hybridized carbons (Fsp3) is 0.400. The van der Waals surface area contributed by atoms with Crippen molar-refractivity contribution < 1.29 is 9.50 Å². The zero-order valence-electron chi connectivity index (χ0n) is 7.56. The first-order chi connectivity index (χ1) is 6.70. The second-order valence-electron chi connectivity index (χ2n) is 3.44. The summed E-state index contributed by atoms with van der Waals surface area (Å²) in [6.07, 6.45) is 1.90. The number of phenolic OH excluding ortho intramolecular Hbond substituents is 1. The predicted octanol–water partition coefficient (Wildman–Crippen LogP) is 2.72. The molecule has 4 heteroatoms. The van der Waals surface area contributed by atoms with Crippen LogP contribution in [0.15, 0.2) is 16.6 Å². The second-order valence-corrected chi connectivity index (χ2v) is 4.29. The van der Waals surface area contributed by atoms with Crippen molar-refractivity contribution in [1.29, 1.82) is 0 Å². The van der Waals surface area contributed by atoms with E-state index in [2.05, 4.69) is 21.2 Å². The molecule has 0 radical (unpaired) electrons. The maximum absolute atomic E-state index is 13.5. The Bertz CT molecular complexity index is 350. The van der Waals surface area contributed by atoms with E-state index in [-0.39, 0.29) is 17.6 Å². The minimum absolute atomic E-state index is 0.0180. The molecule has 0 saturated carbocycles. The molecule has 0 spiro atoms. The molecule has 1 saturated heterocycles. The van der Waals surface area contributed by atoms with Crippen LogP contribution in [-0.4, -0.2) is 11.7 Å². The van der Waals surface area contributed by atoms with Crippen LogP contribution in [0.5, 0.6) is 5.75 Å². The molecule has 76 valence electrons. The number of hydrogen-bond donors (Lipinski definition) is 2. The highest BCUT2D eigenvalue weighted by Crippen LogP contribution is 2.37. The van der Waals surface area contributed by atoms with E-state index in [1.54, 1.807) is 0 Å². The SMILES string of the molecule is Oc1c(Br)ccc(F)c1C1CCCN1. The molecular formula is C10H11BrFNO. The molecule has 1 aliphatic heterocycles. The summed E-state index contributed by atoms with van der Waals surface area (Å²) in [4.78, 5) is 0. The molecule has 1 heterocycles. The van der Waals surface area contributed by atoms with Gasteiger partial charge in [-0.25, -0.2) is 4.39 Å². The monoisotopic (exact) mass is 259 g/mol. The van der Waals surface area contributed by atoms with Crippen LogP contribution in [0.2, 0.25) is 0 Å². The van der Waals surface area contributed by atoms with Crippen molar-refractivity contribution in [3.63, 3.8) is 0 Å². The summed E-state index contributed by atoms with van der Waals surface area (Å²) < 4.78 is 14.0. The molecule has 1 aliphatic rings. The zero-order chi connectivity index (χ0) is 10.1. The van der Waals surface area contributed by atoms with Gasteiger partial charge in [0.05, 0.1) is 4.47 Å². The first-order valence-corrected chi connectivity index (χ1v) is 5.39. The molecule has 2 N–H and O–H groups in total. The van der Waals surface area contributed by atoms with E-state index in [1.165, 1.54) is 12.1 Å². The van der Waals surface area contributed by atoms with Crippen LogP contribution >= 0.6 is 15.9 Å². The van der Waals surface area contributed by atoms with Gasteiger partial charge in [0.2, 0.25) is 0 Å². The van der Waals surface area contributed by atoms with E-state index in [4.69, 9.17) is 0 Å². The predicted molar refractivity (Wildman–Crippen MR) is 55.7 cm³/mol. The average molecular weight is 260 g/mol. The second kappa shape index (κ2) is 3.87. The Labute approximate surface area is 90.3 Å².